The molecule has 1 heterocycles. The van der Waals surface area contributed by atoms with Crippen LogP contribution in [0.15, 0.2) is 12.6 Å². The molecule has 4 nitrogen and oxygen atoms in total. The van der Waals surface area contributed by atoms with Crippen molar-refractivity contribution in [2.24, 2.45) is 0 Å². The Morgan fingerprint density at radius 3 is 2.50 bits per heavy atom. The van der Waals surface area contributed by atoms with E-state index >= 15 is 0 Å². The van der Waals surface area contributed by atoms with Gasteiger partial charge in [0.2, 0.25) is 5.91 Å². The van der Waals surface area contributed by atoms with Crippen molar-refractivity contribution in [1.82, 2.24) is 4.98 Å². The molecule has 5 heteroatoms. The summed E-state index contributed by atoms with van der Waals surface area (Å²) >= 11 is 6.08. The summed E-state index contributed by atoms with van der Waals surface area (Å²) in [5, 5.41) is 2.95. The maximum absolute atomic E-state index is 11.0. The third-order valence-corrected chi connectivity index (χ3v) is 2.29. The Morgan fingerprint density at radius 1 is 1.50 bits per heavy atom. The smallest absolute Gasteiger partial charge is 0.221 e. The fourth-order valence-corrected chi connectivity index (χ4v) is 1.47. The highest BCUT2D eigenvalue weighted by Crippen LogP contribution is 2.29. The largest absolute Gasteiger partial charge is 0.495 e. The number of methoxy groups -OCH3 is 1. The molecule has 0 bridgehead atoms. The van der Waals surface area contributed by atoms with Crippen molar-refractivity contribution in [3.05, 3.63) is 29.1 Å². The van der Waals surface area contributed by atoms with Crippen LogP contribution in [0.2, 0.25) is 5.02 Å². The first-order valence-corrected chi connectivity index (χ1v) is 6.01. The number of nitrogens with zero attached hydrogens (tertiary/aromatic N) is 1. The Bertz CT molecular complexity index is 445. The number of pyridine rings is 1. The molecule has 0 aliphatic heterocycles. The van der Waals surface area contributed by atoms with Gasteiger partial charge in [-0.3, -0.25) is 4.79 Å². The van der Waals surface area contributed by atoms with Gasteiger partial charge in [0.1, 0.15) is 11.5 Å². The predicted octanol–water partition coefficient (Wildman–Crippen LogP) is 3.65. The number of halogens is 1. The van der Waals surface area contributed by atoms with E-state index in [0.29, 0.717) is 22.2 Å². The number of rotatable bonds is 3. The molecule has 0 spiro atoms. The van der Waals surface area contributed by atoms with Crippen LogP contribution in [0.4, 0.5) is 5.69 Å². The van der Waals surface area contributed by atoms with E-state index in [1.807, 2.05) is 13.8 Å². The molecule has 1 amide bonds. The number of hydrogen-bond acceptors (Lipinski definition) is 3. The van der Waals surface area contributed by atoms with Crippen molar-refractivity contribution in [2.45, 2.75) is 27.7 Å². The SMILES string of the molecule is C=C(OC)c1nc(C)cc(NC(C)=O)c1Cl.CC. The van der Waals surface area contributed by atoms with Gasteiger partial charge < -0.3 is 10.1 Å². The first kappa shape index (κ1) is 16.4. The molecule has 0 aliphatic rings. The molecule has 0 aliphatic carbocycles. The summed E-state index contributed by atoms with van der Waals surface area (Å²) in [5.74, 6) is 0.168. The molecule has 1 aromatic heterocycles. The van der Waals surface area contributed by atoms with Crippen LogP contribution in [0.25, 0.3) is 5.76 Å². The first-order valence-electron chi connectivity index (χ1n) is 5.63. The maximum Gasteiger partial charge on any atom is 0.221 e. The second kappa shape index (κ2) is 7.71. The molecule has 1 rings (SSSR count). The highest BCUT2D eigenvalue weighted by molar-refractivity contribution is 6.35. The van der Waals surface area contributed by atoms with Crippen molar-refractivity contribution >= 4 is 29.0 Å². The molecule has 0 fully saturated rings. The quantitative estimate of drug-likeness (QED) is 0.853. The Morgan fingerprint density at radius 2 is 2.06 bits per heavy atom. The molecule has 0 saturated heterocycles. The second-order valence-corrected chi connectivity index (χ2v) is 3.66. The summed E-state index contributed by atoms with van der Waals surface area (Å²) in [6, 6.07) is 1.69. The van der Waals surface area contributed by atoms with Gasteiger partial charge in [-0.25, -0.2) is 4.98 Å². The summed E-state index contributed by atoms with van der Waals surface area (Å²) < 4.78 is 4.98. The summed E-state index contributed by atoms with van der Waals surface area (Å²) in [7, 11) is 1.49. The maximum atomic E-state index is 11.0. The molecule has 1 N–H and O–H groups in total. The standard InChI is InChI=1S/C11H13ClN2O2.C2H6/c1-6-5-9(14-8(3)15)10(12)11(13-6)7(2)16-4;1-2/h5H,2H2,1,3-4H3,(H,13,14,15);1-2H3. The highest BCUT2D eigenvalue weighted by Gasteiger charge is 2.13. The van der Waals surface area contributed by atoms with Crippen LogP contribution >= 0.6 is 11.6 Å². The molecule has 0 radical (unpaired) electrons. The van der Waals surface area contributed by atoms with Crippen LogP contribution < -0.4 is 5.32 Å². The lowest BCUT2D eigenvalue weighted by atomic mass is 10.2. The zero-order chi connectivity index (χ0) is 14.3. The summed E-state index contributed by atoms with van der Waals surface area (Å²) in [6.45, 7) is 10.9. The molecule has 0 aromatic carbocycles. The Kier molecular flexibility index (Phi) is 7.05. The Labute approximate surface area is 113 Å². The second-order valence-electron chi connectivity index (χ2n) is 3.28. The average Bonchev–Trinajstić information content (AvgIpc) is 2.34. The predicted molar refractivity (Wildman–Crippen MR) is 75.7 cm³/mol. The number of carbonyl (C=O) groups is 1. The molecule has 18 heavy (non-hydrogen) atoms. The minimum Gasteiger partial charge on any atom is -0.495 e. The lowest BCUT2D eigenvalue weighted by Gasteiger charge is -2.11. The van der Waals surface area contributed by atoms with E-state index in [2.05, 4.69) is 16.9 Å². The average molecular weight is 271 g/mol. The fraction of sp³-hybridized carbons (Fsp3) is 0.385. The minimum absolute atomic E-state index is 0.193. The highest BCUT2D eigenvalue weighted by atomic mass is 35.5. The van der Waals surface area contributed by atoms with Crippen molar-refractivity contribution < 1.29 is 9.53 Å². The van der Waals surface area contributed by atoms with Gasteiger partial charge in [-0.15, -0.1) is 0 Å². The molecule has 0 unspecified atom stereocenters. The van der Waals surface area contributed by atoms with Crippen LogP contribution in [0, 0.1) is 6.92 Å². The molecule has 0 saturated carbocycles. The summed E-state index contributed by atoms with van der Waals surface area (Å²) in [5.41, 5.74) is 1.67. The number of aryl methyl sites for hydroxylation is 1. The van der Waals surface area contributed by atoms with Crippen molar-refractivity contribution in [2.75, 3.05) is 12.4 Å². The number of nitrogens with one attached hydrogen (secondary N) is 1. The third-order valence-electron chi connectivity index (χ3n) is 1.91. The van der Waals surface area contributed by atoms with E-state index in [4.69, 9.17) is 16.3 Å². The molecular formula is C13H19ClN2O2. The van der Waals surface area contributed by atoms with Gasteiger partial charge in [0, 0.05) is 12.6 Å². The van der Waals surface area contributed by atoms with Gasteiger partial charge in [-0.2, -0.15) is 0 Å². The van der Waals surface area contributed by atoms with E-state index < -0.39 is 0 Å². The van der Waals surface area contributed by atoms with Gasteiger partial charge >= 0.3 is 0 Å². The Hall–Kier alpha value is -1.55. The van der Waals surface area contributed by atoms with Crippen LogP contribution in [-0.2, 0) is 9.53 Å². The zero-order valence-electron chi connectivity index (χ0n) is 11.4. The monoisotopic (exact) mass is 270 g/mol. The first-order chi connectivity index (χ1) is 8.45. The number of aromatic nitrogens is 1. The zero-order valence-corrected chi connectivity index (χ0v) is 12.2. The van der Waals surface area contributed by atoms with Crippen LogP contribution in [0.3, 0.4) is 0 Å². The van der Waals surface area contributed by atoms with Crippen LogP contribution in [0.5, 0.6) is 0 Å². The van der Waals surface area contributed by atoms with Crippen molar-refractivity contribution in [3.8, 4) is 0 Å². The summed E-state index contributed by atoms with van der Waals surface area (Å²) in [4.78, 5) is 15.2. The number of hydrogen-bond donors (Lipinski definition) is 1. The van der Waals surface area contributed by atoms with E-state index in [9.17, 15) is 4.79 Å². The fourth-order valence-electron chi connectivity index (χ4n) is 1.22. The minimum atomic E-state index is -0.193. The normalized spacial score (nSPS) is 9.00. The van der Waals surface area contributed by atoms with Crippen molar-refractivity contribution in [1.29, 1.82) is 0 Å². The number of carbonyl (C=O) groups excluding carboxylic acids is 1. The van der Waals surface area contributed by atoms with Gasteiger partial charge in [0.25, 0.3) is 0 Å². The topological polar surface area (TPSA) is 51.2 Å². The van der Waals surface area contributed by atoms with Crippen LogP contribution in [-0.4, -0.2) is 18.0 Å². The molecule has 100 valence electrons. The van der Waals surface area contributed by atoms with E-state index in [-0.39, 0.29) is 5.91 Å². The molecular weight excluding hydrogens is 252 g/mol. The van der Waals surface area contributed by atoms with Gasteiger partial charge in [0.15, 0.2) is 0 Å². The van der Waals surface area contributed by atoms with E-state index in [1.54, 1.807) is 13.0 Å². The lowest BCUT2D eigenvalue weighted by molar-refractivity contribution is -0.114. The van der Waals surface area contributed by atoms with Gasteiger partial charge in [0.05, 0.1) is 17.8 Å². The number of ether oxygens (including phenoxy) is 1. The molecule has 0 atom stereocenters. The summed E-state index contributed by atoms with van der Waals surface area (Å²) in [6.07, 6.45) is 0. The van der Waals surface area contributed by atoms with Crippen molar-refractivity contribution in [3.63, 3.8) is 0 Å². The van der Waals surface area contributed by atoms with Gasteiger partial charge in [-0.05, 0) is 13.0 Å². The number of amides is 1. The van der Waals surface area contributed by atoms with E-state index in [1.165, 1.54) is 14.0 Å². The number of anilines is 1. The lowest BCUT2D eigenvalue weighted by Crippen LogP contribution is -2.08. The van der Waals surface area contributed by atoms with Crippen LogP contribution in [0.1, 0.15) is 32.2 Å². The molecule has 1 aromatic rings. The van der Waals surface area contributed by atoms with E-state index in [0.717, 1.165) is 5.69 Å². The third kappa shape index (κ3) is 4.37. The van der Waals surface area contributed by atoms with Gasteiger partial charge in [-0.1, -0.05) is 32.0 Å². The Balaban J connectivity index is 0.00000137.